The standard InChI is InChI=1S/C13H20FNOS/c1-9-4-5-12(14)6-11(9)7-15-10(2)13(8-16)17-3/h4-6,10,13,15-16H,7-8H2,1-3H3. The Morgan fingerprint density at radius 3 is 2.76 bits per heavy atom. The van der Waals surface area contributed by atoms with Crippen LogP contribution < -0.4 is 5.32 Å². The zero-order valence-electron chi connectivity index (χ0n) is 10.5. The number of nitrogens with one attached hydrogen (secondary N) is 1. The third-order valence-electron chi connectivity index (χ3n) is 2.97. The Hall–Kier alpha value is -0.580. The summed E-state index contributed by atoms with van der Waals surface area (Å²) in [4.78, 5) is 0. The number of hydrogen-bond donors (Lipinski definition) is 2. The van der Waals surface area contributed by atoms with Gasteiger partial charge in [0.05, 0.1) is 6.61 Å². The summed E-state index contributed by atoms with van der Waals surface area (Å²) in [7, 11) is 0. The summed E-state index contributed by atoms with van der Waals surface area (Å²) in [5.74, 6) is -0.205. The molecular formula is C13H20FNOS. The average Bonchev–Trinajstić information content (AvgIpc) is 2.32. The van der Waals surface area contributed by atoms with Gasteiger partial charge in [-0.3, -0.25) is 0 Å². The maximum absolute atomic E-state index is 13.1. The van der Waals surface area contributed by atoms with Crippen molar-refractivity contribution < 1.29 is 9.50 Å². The minimum absolute atomic E-state index is 0.150. The molecule has 17 heavy (non-hydrogen) atoms. The quantitative estimate of drug-likeness (QED) is 0.820. The van der Waals surface area contributed by atoms with E-state index in [0.29, 0.717) is 6.54 Å². The van der Waals surface area contributed by atoms with Crippen molar-refractivity contribution in [2.45, 2.75) is 31.7 Å². The fraction of sp³-hybridized carbons (Fsp3) is 0.538. The zero-order valence-corrected chi connectivity index (χ0v) is 11.4. The van der Waals surface area contributed by atoms with Gasteiger partial charge >= 0.3 is 0 Å². The lowest BCUT2D eigenvalue weighted by molar-refractivity contribution is 0.276. The maximum Gasteiger partial charge on any atom is 0.123 e. The predicted molar refractivity (Wildman–Crippen MR) is 71.8 cm³/mol. The Labute approximate surface area is 107 Å². The first-order valence-corrected chi connectivity index (χ1v) is 6.99. The van der Waals surface area contributed by atoms with Crippen LogP contribution in [0, 0.1) is 12.7 Å². The fourth-order valence-corrected chi connectivity index (χ4v) is 2.32. The van der Waals surface area contributed by atoms with E-state index in [1.165, 1.54) is 6.07 Å². The van der Waals surface area contributed by atoms with Crippen molar-refractivity contribution in [3.8, 4) is 0 Å². The van der Waals surface area contributed by atoms with Crippen LogP contribution in [0.4, 0.5) is 4.39 Å². The predicted octanol–water partition coefficient (Wildman–Crippen LogP) is 2.34. The molecule has 0 spiro atoms. The summed E-state index contributed by atoms with van der Waals surface area (Å²) < 4.78 is 13.1. The lowest BCUT2D eigenvalue weighted by atomic mass is 10.1. The van der Waals surface area contributed by atoms with E-state index in [0.717, 1.165) is 11.1 Å². The molecule has 0 heterocycles. The molecule has 2 N–H and O–H groups in total. The zero-order chi connectivity index (χ0) is 12.8. The van der Waals surface area contributed by atoms with Gasteiger partial charge in [-0.1, -0.05) is 6.07 Å². The van der Waals surface area contributed by atoms with E-state index in [4.69, 9.17) is 0 Å². The fourth-order valence-electron chi connectivity index (χ4n) is 1.67. The van der Waals surface area contributed by atoms with E-state index < -0.39 is 0 Å². The normalized spacial score (nSPS) is 14.6. The van der Waals surface area contributed by atoms with Crippen molar-refractivity contribution in [2.75, 3.05) is 12.9 Å². The molecule has 0 amide bonds. The van der Waals surface area contributed by atoms with Crippen LogP contribution in [-0.2, 0) is 6.54 Å². The van der Waals surface area contributed by atoms with Crippen molar-refractivity contribution in [3.05, 3.63) is 35.1 Å². The molecule has 1 rings (SSSR count). The lowest BCUT2D eigenvalue weighted by Crippen LogP contribution is -2.37. The summed E-state index contributed by atoms with van der Waals surface area (Å²) >= 11 is 1.63. The van der Waals surface area contributed by atoms with Crippen LogP contribution in [0.3, 0.4) is 0 Å². The molecule has 1 aromatic rings. The highest BCUT2D eigenvalue weighted by atomic mass is 32.2. The van der Waals surface area contributed by atoms with Crippen LogP contribution in [-0.4, -0.2) is 29.3 Å². The second-order valence-corrected chi connectivity index (χ2v) is 5.27. The Balaban J connectivity index is 2.57. The van der Waals surface area contributed by atoms with Crippen molar-refractivity contribution in [1.29, 1.82) is 0 Å². The van der Waals surface area contributed by atoms with Gasteiger partial charge in [0.15, 0.2) is 0 Å². The molecule has 2 nitrogen and oxygen atoms in total. The van der Waals surface area contributed by atoms with Crippen LogP contribution in [0.2, 0.25) is 0 Å². The van der Waals surface area contributed by atoms with Gasteiger partial charge < -0.3 is 10.4 Å². The van der Waals surface area contributed by atoms with E-state index in [1.807, 2.05) is 20.1 Å². The first-order chi connectivity index (χ1) is 8.08. The van der Waals surface area contributed by atoms with Crippen molar-refractivity contribution in [1.82, 2.24) is 5.32 Å². The molecule has 0 bridgehead atoms. The number of thioether (sulfide) groups is 1. The van der Waals surface area contributed by atoms with Gasteiger partial charge in [-0.25, -0.2) is 4.39 Å². The van der Waals surface area contributed by atoms with Crippen LogP contribution in [0.15, 0.2) is 18.2 Å². The number of rotatable bonds is 6. The Morgan fingerprint density at radius 2 is 2.18 bits per heavy atom. The van der Waals surface area contributed by atoms with Crippen LogP contribution >= 0.6 is 11.8 Å². The average molecular weight is 257 g/mol. The van der Waals surface area contributed by atoms with Gasteiger partial charge in [-0.2, -0.15) is 11.8 Å². The van der Waals surface area contributed by atoms with Gasteiger partial charge in [-0.15, -0.1) is 0 Å². The SMILES string of the molecule is CSC(CO)C(C)NCc1cc(F)ccc1C. The maximum atomic E-state index is 13.1. The van der Waals surface area contributed by atoms with Crippen LogP contribution in [0.25, 0.3) is 0 Å². The first-order valence-electron chi connectivity index (χ1n) is 5.70. The second kappa shape index (κ2) is 6.99. The summed E-state index contributed by atoms with van der Waals surface area (Å²) in [5, 5.41) is 12.7. The molecular weight excluding hydrogens is 237 g/mol. The second-order valence-electron chi connectivity index (χ2n) is 4.20. The molecule has 0 aliphatic rings. The molecule has 0 aliphatic carbocycles. The van der Waals surface area contributed by atoms with Gasteiger partial charge in [0.25, 0.3) is 0 Å². The highest BCUT2D eigenvalue weighted by Crippen LogP contribution is 2.13. The molecule has 96 valence electrons. The number of benzene rings is 1. The summed E-state index contributed by atoms with van der Waals surface area (Å²) in [6, 6.07) is 5.01. The van der Waals surface area contributed by atoms with Crippen molar-refractivity contribution in [2.24, 2.45) is 0 Å². The highest BCUT2D eigenvalue weighted by molar-refractivity contribution is 7.99. The van der Waals surface area contributed by atoms with Gasteiger partial charge in [-0.05, 0) is 43.4 Å². The molecule has 0 saturated carbocycles. The molecule has 0 aromatic heterocycles. The highest BCUT2D eigenvalue weighted by Gasteiger charge is 2.14. The molecule has 0 aliphatic heterocycles. The van der Waals surface area contributed by atoms with E-state index in [1.54, 1.807) is 23.9 Å². The Morgan fingerprint density at radius 1 is 1.47 bits per heavy atom. The largest absolute Gasteiger partial charge is 0.395 e. The summed E-state index contributed by atoms with van der Waals surface area (Å²) in [5.41, 5.74) is 2.05. The topological polar surface area (TPSA) is 32.3 Å². The molecule has 2 atom stereocenters. The van der Waals surface area contributed by atoms with Crippen molar-refractivity contribution >= 4 is 11.8 Å². The number of hydrogen-bond acceptors (Lipinski definition) is 3. The Kier molecular flexibility index (Phi) is 5.95. The molecule has 0 fully saturated rings. The van der Waals surface area contributed by atoms with Gasteiger partial charge in [0.1, 0.15) is 5.82 Å². The lowest BCUT2D eigenvalue weighted by Gasteiger charge is -2.21. The molecule has 0 radical (unpaired) electrons. The number of halogens is 1. The van der Waals surface area contributed by atoms with E-state index >= 15 is 0 Å². The number of aliphatic hydroxyl groups is 1. The molecule has 4 heteroatoms. The third-order valence-corrected chi connectivity index (χ3v) is 4.13. The summed E-state index contributed by atoms with van der Waals surface area (Å²) in [6.07, 6.45) is 1.98. The van der Waals surface area contributed by atoms with Crippen molar-refractivity contribution in [3.63, 3.8) is 0 Å². The van der Waals surface area contributed by atoms with Gasteiger partial charge in [0.2, 0.25) is 0 Å². The van der Waals surface area contributed by atoms with E-state index in [9.17, 15) is 9.50 Å². The van der Waals surface area contributed by atoms with E-state index in [-0.39, 0.29) is 23.7 Å². The van der Waals surface area contributed by atoms with Crippen LogP contribution in [0.1, 0.15) is 18.1 Å². The van der Waals surface area contributed by atoms with E-state index in [2.05, 4.69) is 5.32 Å². The Bertz CT molecular complexity index is 355. The minimum atomic E-state index is -0.205. The molecule has 0 saturated heterocycles. The minimum Gasteiger partial charge on any atom is -0.395 e. The summed E-state index contributed by atoms with van der Waals surface area (Å²) in [6.45, 7) is 4.78. The number of aryl methyl sites for hydroxylation is 1. The first kappa shape index (κ1) is 14.5. The van der Waals surface area contributed by atoms with Gasteiger partial charge in [0, 0.05) is 17.8 Å². The number of aliphatic hydroxyl groups excluding tert-OH is 1. The van der Waals surface area contributed by atoms with Crippen LogP contribution in [0.5, 0.6) is 0 Å². The monoisotopic (exact) mass is 257 g/mol. The third kappa shape index (κ3) is 4.30. The molecule has 1 aromatic carbocycles. The smallest absolute Gasteiger partial charge is 0.123 e. The molecule has 2 unspecified atom stereocenters.